The smallest absolute Gasteiger partial charge is 0.142 e. The fourth-order valence-corrected chi connectivity index (χ4v) is 4.32. The van der Waals surface area contributed by atoms with E-state index in [4.69, 9.17) is 5.26 Å². The van der Waals surface area contributed by atoms with Crippen molar-refractivity contribution in [1.29, 1.82) is 5.26 Å². The van der Waals surface area contributed by atoms with Gasteiger partial charge in [-0.05, 0) is 55.2 Å². The van der Waals surface area contributed by atoms with Crippen molar-refractivity contribution < 1.29 is 0 Å². The van der Waals surface area contributed by atoms with Gasteiger partial charge < -0.3 is 9.80 Å². The summed E-state index contributed by atoms with van der Waals surface area (Å²) >= 11 is 0. The van der Waals surface area contributed by atoms with Crippen LogP contribution in [0, 0.1) is 28.6 Å². The van der Waals surface area contributed by atoms with Crippen LogP contribution in [-0.2, 0) is 0 Å². The first-order valence-electron chi connectivity index (χ1n) is 9.29. The van der Waals surface area contributed by atoms with Gasteiger partial charge in [0.1, 0.15) is 17.6 Å². The summed E-state index contributed by atoms with van der Waals surface area (Å²) in [5.41, 5.74) is 0.915. The fraction of sp³-hybridized carbons (Fsp3) is 0.700. The number of piperidine rings is 1. The molecule has 1 aromatic rings. The normalized spacial score (nSPS) is 23.4. The Kier molecular flexibility index (Phi) is 5.10. The summed E-state index contributed by atoms with van der Waals surface area (Å²) < 4.78 is 0. The van der Waals surface area contributed by atoms with Crippen LogP contribution in [0.15, 0.2) is 18.2 Å². The van der Waals surface area contributed by atoms with Gasteiger partial charge in [0, 0.05) is 26.2 Å². The van der Waals surface area contributed by atoms with E-state index in [9.17, 15) is 0 Å². The van der Waals surface area contributed by atoms with Crippen LogP contribution in [0.2, 0.25) is 0 Å². The summed E-state index contributed by atoms with van der Waals surface area (Å²) in [4.78, 5) is 9.45. The summed E-state index contributed by atoms with van der Waals surface area (Å²) in [5, 5.41) is 9.02. The minimum Gasteiger partial charge on any atom is -0.357 e. The molecule has 2 aliphatic rings. The van der Waals surface area contributed by atoms with E-state index in [1.54, 1.807) is 6.07 Å². The predicted octanol–water partition coefficient (Wildman–Crippen LogP) is 3.54. The third-order valence-corrected chi connectivity index (χ3v) is 5.39. The van der Waals surface area contributed by atoms with Gasteiger partial charge in [0.15, 0.2) is 0 Å². The SMILES string of the molecule is CC(C)(C)CN1CC[C@@H](C2CCN(c3cccc(C#N)n3)CC2)C1. The van der Waals surface area contributed by atoms with E-state index in [1.807, 2.05) is 12.1 Å². The van der Waals surface area contributed by atoms with Crippen molar-refractivity contribution in [3.05, 3.63) is 23.9 Å². The van der Waals surface area contributed by atoms with Crippen molar-refractivity contribution in [2.24, 2.45) is 17.3 Å². The summed E-state index contributed by atoms with van der Waals surface area (Å²) in [7, 11) is 0. The average molecular weight is 326 g/mol. The maximum Gasteiger partial charge on any atom is 0.142 e. The van der Waals surface area contributed by atoms with Crippen molar-refractivity contribution >= 4 is 5.82 Å². The van der Waals surface area contributed by atoms with Crippen LogP contribution < -0.4 is 4.90 Å². The first-order chi connectivity index (χ1) is 11.4. The molecule has 2 saturated heterocycles. The Hall–Kier alpha value is -1.60. The molecular formula is C20H30N4. The molecule has 130 valence electrons. The summed E-state index contributed by atoms with van der Waals surface area (Å²) in [6.45, 7) is 12.9. The molecular weight excluding hydrogens is 296 g/mol. The van der Waals surface area contributed by atoms with Crippen LogP contribution in [0.3, 0.4) is 0 Å². The van der Waals surface area contributed by atoms with Crippen molar-refractivity contribution in [3.63, 3.8) is 0 Å². The molecule has 24 heavy (non-hydrogen) atoms. The van der Waals surface area contributed by atoms with Crippen molar-refractivity contribution in [2.45, 2.75) is 40.0 Å². The van der Waals surface area contributed by atoms with Crippen LogP contribution in [0.1, 0.15) is 45.7 Å². The first kappa shape index (κ1) is 17.2. The molecule has 0 spiro atoms. The monoisotopic (exact) mass is 326 g/mol. The van der Waals surface area contributed by atoms with E-state index in [2.05, 4.69) is 41.6 Å². The number of hydrogen-bond acceptors (Lipinski definition) is 4. The molecule has 0 aromatic carbocycles. The topological polar surface area (TPSA) is 43.2 Å². The van der Waals surface area contributed by atoms with Gasteiger partial charge in [-0.2, -0.15) is 5.26 Å². The molecule has 3 heterocycles. The zero-order valence-corrected chi connectivity index (χ0v) is 15.3. The summed E-state index contributed by atoms with van der Waals surface area (Å²) in [6, 6.07) is 7.88. The lowest BCUT2D eigenvalue weighted by Gasteiger charge is -2.36. The van der Waals surface area contributed by atoms with E-state index in [1.165, 1.54) is 38.9 Å². The van der Waals surface area contributed by atoms with Gasteiger partial charge in [0.05, 0.1) is 0 Å². The van der Waals surface area contributed by atoms with E-state index in [-0.39, 0.29) is 0 Å². The minimum atomic E-state index is 0.398. The highest BCUT2D eigenvalue weighted by atomic mass is 15.2. The number of aromatic nitrogens is 1. The molecule has 0 aliphatic carbocycles. The molecule has 4 heteroatoms. The van der Waals surface area contributed by atoms with Crippen molar-refractivity contribution in [1.82, 2.24) is 9.88 Å². The number of anilines is 1. The zero-order valence-electron chi connectivity index (χ0n) is 15.3. The van der Waals surface area contributed by atoms with Gasteiger partial charge in [0.2, 0.25) is 0 Å². The van der Waals surface area contributed by atoms with E-state index >= 15 is 0 Å². The van der Waals surface area contributed by atoms with E-state index in [0.29, 0.717) is 11.1 Å². The van der Waals surface area contributed by atoms with Crippen LogP contribution in [-0.4, -0.2) is 42.6 Å². The number of likely N-dealkylation sites (tertiary alicyclic amines) is 1. The Morgan fingerprint density at radius 1 is 1.12 bits per heavy atom. The van der Waals surface area contributed by atoms with Gasteiger partial charge in [-0.1, -0.05) is 26.8 Å². The Bertz CT molecular complexity index is 590. The number of pyridine rings is 1. The molecule has 3 rings (SSSR count). The molecule has 0 unspecified atom stereocenters. The van der Waals surface area contributed by atoms with Gasteiger partial charge in [-0.25, -0.2) is 4.98 Å². The highest BCUT2D eigenvalue weighted by Crippen LogP contribution is 2.34. The fourth-order valence-electron chi connectivity index (χ4n) is 4.32. The minimum absolute atomic E-state index is 0.398. The molecule has 2 aliphatic heterocycles. The van der Waals surface area contributed by atoms with Gasteiger partial charge in [0.25, 0.3) is 0 Å². The lowest BCUT2D eigenvalue weighted by atomic mass is 9.83. The number of nitrogens with zero attached hydrogens (tertiary/aromatic N) is 4. The molecule has 0 saturated carbocycles. The van der Waals surface area contributed by atoms with Crippen LogP contribution in [0.25, 0.3) is 0 Å². The second-order valence-corrected chi connectivity index (χ2v) is 8.66. The molecule has 2 fully saturated rings. The molecule has 1 aromatic heterocycles. The third kappa shape index (κ3) is 4.27. The van der Waals surface area contributed by atoms with Crippen LogP contribution >= 0.6 is 0 Å². The number of rotatable bonds is 3. The third-order valence-electron chi connectivity index (χ3n) is 5.39. The largest absolute Gasteiger partial charge is 0.357 e. The average Bonchev–Trinajstić information content (AvgIpc) is 3.01. The highest BCUT2D eigenvalue weighted by molar-refractivity contribution is 5.41. The summed E-state index contributed by atoms with van der Waals surface area (Å²) in [6.07, 6.45) is 3.88. The van der Waals surface area contributed by atoms with E-state index < -0.39 is 0 Å². The van der Waals surface area contributed by atoms with Crippen molar-refractivity contribution in [2.75, 3.05) is 37.6 Å². The molecule has 0 radical (unpaired) electrons. The maximum absolute atomic E-state index is 9.02. The standard InChI is InChI=1S/C20H30N4/c1-20(2,3)15-23-10-7-17(14-23)16-8-11-24(12-9-16)19-6-4-5-18(13-21)22-19/h4-6,16-17H,7-12,14-15H2,1-3H3/t17-/m1/s1. The molecule has 0 bridgehead atoms. The number of nitriles is 1. The Morgan fingerprint density at radius 2 is 1.83 bits per heavy atom. The second-order valence-electron chi connectivity index (χ2n) is 8.66. The van der Waals surface area contributed by atoms with Gasteiger partial charge in [-0.15, -0.1) is 0 Å². The lowest BCUT2D eigenvalue weighted by Crippen LogP contribution is -2.38. The Labute approximate surface area is 146 Å². The molecule has 1 atom stereocenters. The van der Waals surface area contributed by atoms with Gasteiger partial charge >= 0.3 is 0 Å². The zero-order chi connectivity index (χ0) is 17.2. The highest BCUT2D eigenvalue weighted by Gasteiger charge is 2.33. The first-order valence-corrected chi connectivity index (χ1v) is 9.29. The van der Waals surface area contributed by atoms with E-state index in [0.717, 1.165) is 30.7 Å². The Balaban J connectivity index is 1.51. The molecule has 0 N–H and O–H groups in total. The summed E-state index contributed by atoms with van der Waals surface area (Å²) in [5.74, 6) is 2.69. The second kappa shape index (κ2) is 7.11. The van der Waals surface area contributed by atoms with Crippen LogP contribution in [0.5, 0.6) is 0 Å². The van der Waals surface area contributed by atoms with Crippen molar-refractivity contribution in [3.8, 4) is 6.07 Å². The molecule has 4 nitrogen and oxygen atoms in total. The van der Waals surface area contributed by atoms with Gasteiger partial charge in [-0.3, -0.25) is 0 Å². The quantitative estimate of drug-likeness (QED) is 0.852. The Morgan fingerprint density at radius 3 is 2.50 bits per heavy atom. The molecule has 0 amide bonds. The maximum atomic E-state index is 9.02. The number of hydrogen-bond donors (Lipinski definition) is 0. The lowest BCUT2D eigenvalue weighted by molar-refractivity contribution is 0.203. The predicted molar refractivity (Wildman–Crippen MR) is 97.9 cm³/mol. The van der Waals surface area contributed by atoms with Crippen LogP contribution in [0.4, 0.5) is 5.82 Å².